The number of para-hydroxylation sites is 1. The monoisotopic (exact) mass is 370 g/mol. The Balaban J connectivity index is 1.43. The Kier molecular flexibility index (Phi) is 5.99. The molecule has 3 heterocycles. The third-order valence-electron chi connectivity index (χ3n) is 5.70. The van der Waals surface area contributed by atoms with Crippen LogP contribution in [-0.2, 0) is 11.3 Å². The van der Waals surface area contributed by atoms with Crippen molar-refractivity contribution in [3.8, 4) is 0 Å². The normalized spacial score (nSPS) is 22.3. The Labute approximate surface area is 161 Å². The van der Waals surface area contributed by atoms with E-state index >= 15 is 0 Å². The van der Waals surface area contributed by atoms with Crippen LogP contribution in [0.15, 0.2) is 30.3 Å². The van der Waals surface area contributed by atoms with Crippen molar-refractivity contribution >= 4 is 5.69 Å². The van der Waals surface area contributed by atoms with Gasteiger partial charge in [0, 0.05) is 38.5 Å². The first kappa shape index (κ1) is 18.4. The third-order valence-corrected chi connectivity index (χ3v) is 5.70. The van der Waals surface area contributed by atoms with E-state index in [0.717, 1.165) is 70.8 Å². The van der Waals surface area contributed by atoms with Crippen molar-refractivity contribution in [3.05, 3.63) is 36.2 Å². The third kappa shape index (κ3) is 4.30. The van der Waals surface area contributed by atoms with Gasteiger partial charge in [-0.15, -0.1) is 5.10 Å². The molecule has 0 radical (unpaired) electrons. The van der Waals surface area contributed by atoms with Gasteiger partial charge >= 0.3 is 0 Å². The van der Waals surface area contributed by atoms with Crippen LogP contribution in [0.4, 0.5) is 5.69 Å². The number of aromatic nitrogens is 4. The highest BCUT2D eigenvalue weighted by molar-refractivity contribution is 5.46. The summed E-state index contributed by atoms with van der Waals surface area (Å²) in [7, 11) is 0. The van der Waals surface area contributed by atoms with Crippen LogP contribution in [0.5, 0.6) is 0 Å². The highest BCUT2D eigenvalue weighted by Gasteiger charge is 2.29. The second kappa shape index (κ2) is 8.80. The zero-order valence-electron chi connectivity index (χ0n) is 16.2. The highest BCUT2D eigenvalue weighted by Crippen LogP contribution is 2.27. The van der Waals surface area contributed by atoms with Crippen molar-refractivity contribution in [3.63, 3.8) is 0 Å². The first-order valence-electron chi connectivity index (χ1n) is 10.3. The minimum Gasteiger partial charge on any atom is -0.376 e. The minimum absolute atomic E-state index is 0.254. The lowest BCUT2D eigenvalue weighted by Crippen LogP contribution is -2.48. The molecule has 2 aliphatic heterocycles. The zero-order valence-corrected chi connectivity index (χ0v) is 16.2. The van der Waals surface area contributed by atoms with Crippen molar-refractivity contribution in [2.45, 2.75) is 51.3 Å². The molecule has 0 N–H and O–H groups in total. The molecule has 7 nitrogen and oxygen atoms in total. The van der Waals surface area contributed by atoms with E-state index in [9.17, 15) is 0 Å². The molecule has 2 aromatic rings. The minimum atomic E-state index is 0.254. The molecule has 146 valence electrons. The van der Waals surface area contributed by atoms with Gasteiger partial charge in [0.15, 0.2) is 5.82 Å². The number of ether oxygens (including phenoxy) is 1. The summed E-state index contributed by atoms with van der Waals surface area (Å²) < 4.78 is 7.78. The highest BCUT2D eigenvalue weighted by atomic mass is 16.5. The Morgan fingerprint density at radius 2 is 1.96 bits per heavy atom. The predicted molar refractivity (Wildman–Crippen MR) is 105 cm³/mol. The van der Waals surface area contributed by atoms with Crippen LogP contribution in [0.2, 0.25) is 0 Å². The Bertz CT molecular complexity index is 692. The molecule has 1 aromatic heterocycles. The van der Waals surface area contributed by atoms with Gasteiger partial charge in [0.05, 0.1) is 18.7 Å². The quantitative estimate of drug-likeness (QED) is 0.746. The van der Waals surface area contributed by atoms with Gasteiger partial charge in [0.25, 0.3) is 0 Å². The molecule has 7 heteroatoms. The SMILES string of the molecule is CCC[C@H](c1nnnn1C[C@H]1CCCO1)N1CCN(c2ccccc2)CC1. The number of hydrogen-bond acceptors (Lipinski definition) is 6. The molecule has 0 spiro atoms. The molecule has 2 aliphatic rings. The largest absolute Gasteiger partial charge is 0.376 e. The average molecular weight is 371 g/mol. The molecule has 0 amide bonds. The Hall–Kier alpha value is -1.99. The summed E-state index contributed by atoms with van der Waals surface area (Å²) in [5.41, 5.74) is 1.31. The lowest BCUT2D eigenvalue weighted by atomic mass is 10.1. The first-order chi connectivity index (χ1) is 13.3. The van der Waals surface area contributed by atoms with Gasteiger partial charge in [-0.05, 0) is 41.8 Å². The molecule has 2 atom stereocenters. The van der Waals surface area contributed by atoms with Crippen LogP contribution in [0, 0.1) is 0 Å². The number of hydrogen-bond donors (Lipinski definition) is 0. The molecular weight excluding hydrogens is 340 g/mol. The lowest BCUT2D eigenvalue weighted by molar-refractivity contribution is 0.0891. The van der Waals surface area contributed by atoms with Gasteiger partial charge in [-0.3, -0.25) is 4.90 Å². The number of tetrazole rings is 1. The molecule has 2 saturated heterocycles. The molecule has 1 aromatic carbocycles. The van der Waals surface area contributed by atoms with Gasteiger partial charge in [-0.2, -0.15) is 0 Å². The molecule has 0 aliphatic carbocycles. The van der Waals surface area contributed by atoms with Gasteiger partial charge in [-0.25, -0.2) is 4.68 Å². The second-order valence-corrected chi connectivity index (χ2v) is 7.52. The summed E-state index contributed by atoms with van der Waals surface area (Å²) in [5, 5.41) is 12.7. The standard InChI is InChI=1S/C20H30N6O/c1-2-7-19(20-21-22-23-26(20)16-18-10-6-15-27-18)25-13-11-24(12-14-25)17-8-4-3-5-9-17/h3-5,8-9,18-19H,2,6-7,10-16H2,1H3/t18-,19-/m1/s1. The van der Waals surface area contributed by atoms with E-state index in [4.69, 9.17) is 4.74 Å². The van der Waals surface area contributed by atoms with Crippen molar-refractivity contribution in [1.82, 2.24) is 25.1 Å². The van der Waals surface area contributed by atoms with Crippen molar-refractivity contribution in [2.24, 2.45) is 0 Å². The fourth-order valence-electron chi connectivity index (χ4n) is 4.24. The predicted octanol–water partition coefficient (Wildman–Crippen LogP) is 2.52. The van der Waals surface area contributed by atoms with E-state index in [1.54, 1.807) is 0 Å². The van der Waals surface area contributed by atoms with Crippen LogP contribution in [-0.4, -0.2) is 64.0 Å². The van der Waals surface area contributed by atoms with E-state index in [1.807, 2.05) is 4.68 Å². The molecular formula is C20H30N6O. The number of piperazine rings is 1. The molecule has 0 unspecified atom stereocenters. The van der Waals surface area contributed by atoms with Gasteiger partial charge < -0.3 is 9.64 Å². The maximum Gasteiger partial charge on any atom is 0.168 e. The van der Waals surface area contributed by atoms with Crippen LogP contribution < -0.4 is 4.90 Å². The van der Waals surface area contributed by atoms with Crippen LogP contribution >= 0.6 is 0 Å². The lowest BCUT2D eigenvalue weighted by Gasteiger charge is -2.39. The number of nitrogens with zero attached hydrogens (tertiary/aromatic N) is 6. The summed E-state index contributed by atoms with van der Waals surface area (Å²) in [4.78, 5) is 5.02. The fraction of sp³-hybridized carbons (Fsp3) is 0.650. The number of rotatable bonds is 7. The van der Waals surface area contributed by atoms with Crippen molar-refractivity contribution in [1.29, 1.82) is 0 Å². The molecule has 4 rings (SSSR count). The average Bonchev–Trinajstić information content (AvgIpc) is 3.40. The fourth-order valence-corrected chi connectivity index (χ4v) is 4.24. The van der Waals surface area contributed by atoms with Crippen LogP contribution in [0.3, 0.4) is 0 Å². The molecule has 27 heavy (non-hydrogen) atoms. The summed E-state index contributed by atoms with van der Waals surface area (Å²) in [5.74, 6) is 1.00. The van der Waals surface area contributed by atoms with Gasteiger partial charge in [0.2, 0.25) is 0 Å². The van der Waals surface area contributed by atoms with Crippen molar-refractivity contribution in [2.75, 3.05) is 37.7 Å². The van der Waals surface area contributed by atoms with Crippen LogP contribution in [0.1, 0.15) is 44.5 Å². The molecule has 0 bridgehead atoms. The Morgan fingerprint density at radius 1 is 1.15 bits per heavy atom. The maximum atomic E-state index is 5.79. The zero-order chi connectivity index (χ0) is 18.5. The van der Waals surface area contributed by atoms with E-state index in [-0.39, 0.29) is 12.1 Å². The van der Waals surface area contributed by atoms with E-state index in [2.05, 4.69) is 62.6 Å². The summed E-state index contributed by atoms with van der Waals surface area (Å²) in [6.07, 6.45) is 4.70. The topological polar surface area (TPSA) is 59.3 Å². The van der Waals surface area contributed by atoms with Crippen LogP contribution in [0.25, 0.3) is 0 Å². The smallest absolute Gasteiger partial charge is 0.168 e. The molecule has 2 fully saturated rings. The Morgan fingerprint density at radius 3 is 2.67 bits per heavy atom. The number of anilines is 1. The summed E-state index contributed by atoms with van der Waals surface area (Å²) in [6, 6.07) is 11.0. The van der Waals surface area contributed by atoms with E-state index in [0.29, 0.717) is 0 Å². The maximum absolute atomic E-state index is 5.79. The van der Waals surface area contributed by atoms with E-state index in [1.165, 1.54) is 5.69 Å². The van der Waals surface area contributed by atoms with E-state index < -0.39 is 0 Å². The second-order valence-electron chi connectivity index (χ2n) is 7.52. The van der Waals surface area contributed by atoms with Gasteiger partial charge in [-0.1, -0.05) is 31.5 Å². The molecule has 0 saturated carbocycles. The summed E-state index contributed by atoms with van der Waals surface area (Å²) in [6.45, 7) is 8.02. The summed E-state index contributed by atoms with van der Waals surface area (Å²) >= 11 is 0. The van der Waals surface area contributed by atoms with Crippen molar-refractivity contribution < 1.29 is 4.74 Å². The van der Waals surface area contributed by atoms with Gasteiger partial charge in [0.1, 0.15) is 0 Å². The number of benzene rings is 1. The first-order valence-corrected chi connectivity index (χ1v) is 10.3.